The van der Waals surface area contributed by atoms with Crippen LogP contribution >= 0.6 is 23.2 Å². The molecule has 0 heterocycles. The van der Waals surface area contributed by atoms with E-state index in [-0.39, 0.29) is 29.5 Å². The van der Waals surface area contributed by atoms with E-state index in [1.165, 1.54) is 19.2 Å². The van der Waals surface area contributed by atoms with Gasteiger partial charge >= 0.3 is 5.97 Å². The summed E-state index contributed by atoms with van der Waals surface area (Å²) < 4.78 is 10.1. The molecule has 0 atom stereocenters. The Morgan fingerprint density at radius 1 is 1.08 bits per heavy atom. The number of benzene rings is 2. The van der Waals surface area contributed by atoms with Crippen LogP contribution in [0.1, 0.15) is 16.8 Å². The fourth-order valence-electron chi connectivity index (χ4n) is 1.89. The van der Waals surface area contributed by atoms with E-state index in [0.29, 0.717) is 16.5 Å². The van der Waals surface area contributed by atoms with Crippen molar-refractivity contribution in [2.24, 2.45) is 0 Å². The number of hydrogen-bond acceptors (Lipinski definition) is 4. The van der Waals surface area contributed by atoms with Crippen LogP contribution in [0.15, 0.2) is 42.5 Å². The first-order chi connectivity index (χ1) is 11.5. The van der Waals surface area contributed by atoms with Crippen molar-refractivity contribution in [3.05, 3.63) is 58.1 Å². The van der Waals surface area contributed by atoms with Crippen LogP contribution in [-0.4, -0.2) is 25.6 Å². The van der Waals surface area contributed by atoms with Gasteiger partial charge in [-0.15, -0.1) is 0 Å². The SMILES string of the molecule is COC(=O)c1cc(NC(=O)CCOc2ccc(Cl)cc2)ccc1Cl. The molecule has 1 N–H and O–H groups in total. The summed E-state index contributed by atoms with van der Waals surface area (Å²) in [7, 11) is 1.26. The molecule has 24 heavy (non-hydrogen) atoms. The number of nitrogens with one attached hydrogen (secondary N) is 1. The third kappa shape index (κ3) is 5.15. The molecule has 2 aromatic rings. The first-order valence-corrected chi connectivity index (χ1v) is 7.81. The summed E-state index contributed by atoms with van der Waals surface area (Å²) in [6, 6.07) is 11.5. The maximum absolute atomic E-state index is 11.9. The smallest absolute Gasteiger partial charge is 0.339 e. The highest BCUT2D eigenvalue weighted by Gasteiger charge is 2.12. The van der Waals surface area contributed by atoms with Gasteiger partial charge < -0.3 is 14.8 Å². The molecule has 0 radical (unpaired) electrons. The summed E-state index contributed by atoms with van der Waals surface area (Å²) in [4.78, 5) is 23.5. The second kappa shape index (κ2) is 8.57. The molecule has 0 bridgehead atoms. The Bertz CT molecular complexity index is 732. The third-order valence-corrected chi connectivity index (χ3v) is 3.65. The monoisotopic (exact) mass is 367 g/mol. The van der Waals surface area contributed by atoms with Crippen molar-refractivity contribution in [3.63, 3.8) is 0 Å². The zero-order valence-corrected chi connectivity index (χ0v) is 14.4. The lowest BCUT2D eigenvalue weighted by atomic mass is 10.2. The lowest BCUT2D eigenvalue weighted by molar-refractivity contribution is -0.116. The van der Waals surface area contributed by atoms with Crippen LogP contribution in [0.4, 0.5) is 5.69 Å². The van der Waals surface area contributed by atoms with Gasteiger partial charge in [-0.25, -0.2) is 4.79 Å². The molecule has 1 amide bonds. The summed E-state index contributed by atoms with van der Waals surface area (Å²) >= 11 is 11.7. The second-order valence-electron chi connectivity index (χ2n) is 4.79. The molecule has 2 aromatic carbocycles. The van der Waals surface area contributed by atoms with E-state index in [1.54, 1.807) is 30.3 Å². The maximum atomic E-state index is 11.9. The topological polar surface area (TPSA) is 64.6 Å². The first-order valence-electron chi connectivity index (χ1n) is 7.05. The molecular formula is C17H15Cl2NO4. The summed E-state index contributed by atoms with van der Waals surface area (Å²) in [6.45, 7) is 0.213. The van der Waals surface area contributed by atoms with Crippen molar-refractivity contribution in [1.82, 2.24) is 0 Å². The highest BCUT2D eigenvalue weighted by atomic mass is 35.5. The molecular weight excluding hydrogens is 353 g/mol. The minimum atomic E-state index is -0.567. The van der Waals surface area contributed by atoms with Gasteiger partial charge in [-0.1, -0.05) is 23.2 Å². The number of rotatable bonds is 6. The standard InChI is InChI=1S/C17H15Cl2NO4/c1-23-17(22)14-10-12(4-7-15(14)19)20-16(21)8-9-24-13-5-2-11(18)3-6-13/h2-7,10H,8-9H2,1H3,(H,20,21). The molecule has 0 aromatic heterocycles. The van der Waals surface area contributed by atoms with E-state index in [0.717, 1.165) is 0 Å². The van der Waals surface area contributed by atoms with Crippen LogP contribution in [0.5, 0.6) is 5.75 Å². The summed E-state index contributed by atoms with van der Waals surface area (Å²) in [5.41, 5.74) is 0.644. The van der Waals surface area contributed by atoms with Gasteiger partial charge in [0.15, 0.2) is 0 Å². The highest BCUT2D eigenvalue weighted by Crippen LogP contribution is 2.21. The van der Waals surface area contributed by atoms with Gasteiger partial charge in [-0.3, -0.25) is 4.79 Å². The van der Waals surface area contributed by atoms with E-state index in [9.17, 15) is 9.59 Å². The van der Waals surface area contributed by atoms with Gasteiger partial charge in [0.05, 0.1) is 30.7 Å². The molecule has 126 valence electrons. The lowest BCUT2D eigenvalue weighted by Crippen LogP contribution is -2.15. The first kappa shape index (κ1) is 18.1. The number of carbonyl (C=O) groups is 2. The second-order valence-corrected chi connectivity index (χ2v) is 5.63. The number of amides is 1. The zero-order valence-electron chi connectivity index (χ0n) is 12.8. The minimum absolute atomic E-state index is 0.152. The molecule has 5 nitrogen and oxygen atoms in total. The third-order valence-electron chi connectivity index (χ3n) is 3.07. The number of carbonyl (C=O) groups excluding carboxylic acids is 2. The van der Waals surface area contributed by atoms with Crippen LogP contribution in [0.2, 0.25) is 10.0 Å². The van der Waals surface area contributed by atoms with E-state index in [2.05, 4.69) is 10.1 Å². The van der Waals surface area contributed by atoms with Crippen LogP contribution in [0.3, 0.4) is 0 Å². The zero-order chi connectivity index (χ0) is 17.5. The fraction of sp³-hybridized carbons (Fsp3) is 0.176. The Morgan fingerprint density at radius 3 is 2.46 bits per heavy atom. The lowest BCUT2D eigenvalue weighted by Gasteiger charge is -2.09. The number of hydrogen-bond donors (Lipinski definition) is 1. The van der Waals surface area contributed by atoms with Gasteiger partial charge in [0.2, 0.25) is 5.91 Å². The average molecular weight is 368 g/mol. The summed E-state index contributed by atoms with van der Waals surface area (Å²) in [5.74, 6) is -0.184. The predicted octanol–water partition coefficient (Wildman–Crippen LogP) is 4.19. The molecule has 0 aliphatic carbocycles. The van der Waals surface area contributed by atoms with Crippen molar-refractivity contribution in [2.75, 3.05) is 19.0 Å². The molecule has 0 aliphatic rings. The van der Waals surface area contributed by atoms with Crippen LogP contribution < -0.4 is 10.1 Å². The summed E-state index contributed by atoms with van der Waals surface area (Å²) in [6.07, 6.45) is 0.152. The molecule has 0 spiro atoms. The van der Waals surface area contributed by atoms with Crippen LogP contribution in [0.25, 0.3) is 0 Å². The van der Waals surface area contributed by atoms with Gasteiger partial charge in [-0.2, -0.15) is 0 Å². The van der Waals surface area contributed by atoms with Gasteiger partial charge in [0, 0.05) is 10.7 Å². The van der Waals surface area contributed by atoms with E-state index in [4.69, 9.17) is 27.9 Å². The average Bonchev–Trinajstić information content (AvgIpc) is 2.57. The number of methoxy groups -OCH3 is 1. The predicted molar refractivity (Wildman–Crippen MR) is 93.0 cm³/mol. The molecule has 7 heteroatoms. The van der Waals surface area contributed by atoms with Gasteiger partial charge in [0.25, 0.3) is 0 Å². The minimum Gasteiger partial charge on any atom is -0.493 e. The van der Waals surface area contributed by atoms with Crippen molar-refractivity contribution in [1.29, 1.82) is 0 Å². The molecule has 2 rings (SSSR count). The number of anilines is 1. The normalized spacial score (nSPS) is 10.1. The molecule has 0 aliphatic heterocycles. The molecule has 0 unspecified atom stereocenters. The van der Waals surface area contributed by atoms with Crippen molar-refractivity contribution in [2.45, 2.75) is 6.42 Å². The quantitative estimate of drug-likeness (QED) is 0.777. The van der Waals surface area contributed by atoms with E-state index >= 15 is 0 Å². The number of esters is 1. The van der Waals surface area contributed by atoms with Crippen LogP contribution in [-0.2, 0) is 9.53 Å². The fourth-order valence-corrected chi connectivity index (χ4v) is 2.21. The Balaban J connectivity index is 1.88. The van der Waals surface area contributed by atoms with Crippen molar-refractivity contribution < 1.29 is 19.1 Å². The van der Waals surface area contributed by atoms with Gasteiger partial charge in [0.1, 0.15) is 5.75 Å². The summed E-state index contributed by atoms with van der Waals surface area (Å²) in [5, 5.41) is 3.55. The Labute approximate surface area is 149 Å². The van der Waals surface area contributed by atoms with E-state index in [1.807, 2.05) is 0 Å². The number of ether oxygens (including phenoxy) is 2. The Kier molecular flexibility index (Phi) is 6.46. The number of halogens is 2. The van der Waals surface area contributed by atoms with E-state index < -0.39 is 5.97 Å². The van der Waals surface area contributed by atoms with Crippen molar-refractivity contribution in [3.8, 4) is 5.75 Å². The highest BCUT2D eigenvalue weighted by molar-refractivity contribution is 6.33. The van der Waals surface area contributed by atoms with Crippen LogP contribution in [0, 0.1) is 0 Å². The molecule has 0 saturated carbocycles. The Morgan fingerprint density at radius 2 is 1.79 bits per heavy atom. The Hall–Kier alpha value is -2.24. The maximum Gasteiger partial charge on any atom is 0.339 e. The largest absolute Gasteiger partial charge is 0.493 e. The van der Waals surface area contributed by atoms with Gasteiger partial charge in [-0.05, 0) is 42.5 Å². The molecule has 0 saturated heterocycles. The molecule has 0 fully saturated rings. The van der Waals surface area contributed by atoms with Crippen molar-refractivity contribution >= 4 is 40.8 Å².